The third kappa shape index (κ3) is 3.87. The van der Waals surface area contributed by atoms with Crippen LogP contribution >= 0.6 is 0 Å². The number of hydrogen-bond donors (Lipinski definition) is 0. The standard InChI is InChI=1S/C43H28O/c1-2-12-28(13-3-1)33-21-10-23-38-35-18-4-5-20-37(35)41(42(33)38)32-17-9-15-30(27-32)29-14-8-16-31(26-29)34-22-11-24-39-36-19-6-7-25-40(36)44-43(34)39/h1-27,41H. The van der Waals surface area contributed by atoms with Crippen LogP contribution in [0.2, 0.25) is 0 Å². The van der Waals surface area contributed by atoms with Gasteiger partial charge in [0, 0.05) is 22.3 Å². The van der Waals surface area contributed by atoms with Gasteiger partial charge in [-0.25, -0.2) is 0 Å². The van der Waals surface area contributed by atoms with Gasteiger partial charge in [-0.3, -0.25) is 0 Å². The van der Waals surface area contributed by atoms with E-state index >= 15 is 0 Å². The van der Waals surface area contributed by atoms with Crippen molar-refractivity contribution in [3.63, 3.8) is 0 Å². The highest BCUT2D eigenvalue weighted by Crippen LogP contribution is 2.51. The highest BCUT2D eigenvalue weighted by atomic mass is 16.3. The van der Waals surface area contributed by atoms with E-state index in [4.69, 9.17) is 4.42 Å². The van der Waals surface area contributed by atoms with Gasteiger partial charge >= 0.3 is 0 Å². The fraction of sp³-hybridized carbons (Fsp3) is 0.0233. The molecule has 8 aromatic rings. The molecule has 0 saturated carbocycles. The Hall–Kier alpha value is -5.66. The Kier molecular flexibility index (Phi) is 5.64. The number of furan rings is 1. The SMILES string of the molecule is c1ccc(-c2cccc3c2C(c2cccc(-c4cccc(-c5cccc6c5oc5ccccc56)c4)c2)c2ccccc2-3)cc1. The maximum absolute atomic E-state index is 6.38. The Morgan fingerprint density at radius 3 is 1.93 bits per heavy atom. The first-order chi connectivity index (χ1) is 21.8. The molecular formula is C43H28O. The molecule has 9 rings (SSSR count). The van der Waals surface area contributed by atoms with Gasteiger partial charge in [0.2, 0.25) is 0 Å². The Labute approximate surface area is 256 Å². The third-order valence-electron chi connectivity index (χ3n) is 9.17. The molecule has 1 heterocycles. The Bertz CT molecular complexity index is 2340. The molecule has 1 heteroatoms. The summed E-state index contributed by atoms with van der Waals surface area (Å²) in [5.41, 5.74) is 15.8. The summed E-state index contributed by atoms with van der Waals surface area (Å²) in [5, 5.41) is 2.30. The molecule has 7 aromatic carbocycles. The van der Waals surface area contributed by atoms with Gasteiger partial charge < -0.3 is 4.42 Å². The van der Waals surface area contributed by atoms with E-state index in [1.165, 1.54) is 50.1 Å². The zero-order valence-corrected chi connectivity index (χ0v) is 24.1. The predicted molar refractivity (Wildman–Crippen MR) is 183 cm³/mol. The Morgan fingerprint density at radius 2 is 1.00 bits per heavy atom. The highest BCUT2D eigenvalue weighted by molar-refractivity contribution is 6.09. The number of hydrogen-bond acceptors (Lipinski definition) is 1. The average molecular weight is 561 g/mol. The molecule has 0 fully saturated rings. The molecule has 0 aliphatic heterocycles. The Balaban J connectivity index is 1.18. The van der Waals surface area contributed by atoms with E-state index in [0.717, 1.165) is 33.1 Å². The van der Waals surface area contributed by atoms with E-state index in [-0.39, 0.29) is 5.92 Å². The maximum atomic E-state index is 6.38. The van der Waals surface area contributed by atoms with Crippen LogP contribution in [0.5, 0.6) is 0 Å². The van der Waals surface area contributed by atoms with Gasteiger partial charge in [0.15, 0.2) is 0 Å². The van der Waals surface area contributed by atoms with Crippen LogP contribution in [-0.4, -0.2) is 0 Å². The lowest BCUT2D eigenvalue weighted by molar-refractivity contribution is 0.670. The lowest BCUT2D eigenvalue weighted by atomic mass is 9.84. The van der Waals surface area contributed by atoms with Crippen molar-refractivity contribution >= 4 is 21.9 Å². The van der Waals surface area contributed by atoms with Crippen molar-refractivity contribution in [1.29, 1.82) is 0 Å². The first kappa shape index (κ1) is 24.9. The zero-order valence-electron chi connectivity index (χ0n) is 24.1. The summed E-state index contributed by atoms with van der Waals surface area (Å²) >= 11 is 0. The minimum absolute atomic E-state index is 0.157. The molecule has 1 unspecified atom stereocenters. The van der Waals surface area contributed by atoms with Crippen molar-refractivity contribution in [3.8, 4) is 44.5 Å². The largest absolute Gasteiger partial charge is 0.455 e. The molecule has 0 radical (unpaired) electrons. The van der Waals surface area contributed by atoms with E-state index in [1.54, 1.807) is 0 Å². The van der Waals surface area contributed by atoms with Gasteiger partial charge in [0.25, 0.3) is 0 Å². The molecule has 44 heavy (non-hydrogen) atoms. The first-order valence-corrected chi connectivity index (χ1v) is 15.2. The number of rotatable bonds is 4. The van der Waals surface area contributed by atoms with Gasteiger partial charge in [-0.1, -0.05) is 152 Å². The lowest BCUT2D eigenvalue weighted by Crippen LogP contribution is -2.01. The van der Waals surface area contributed by atoms with E-state index < -0.39 is 0 Å². The summed E-state index contributed by atoms with van der Waals surface area (Å²) in [7, 11) is 0. The predicted octanol–water partition coefficient (Wildman–Crippen LogP) is 11.7. The third-order valence-corrected chi connectivity index (χ3v) is 9.17. The molecule has 0 N–H and O–H groups in total. The molecule has 0 spiro atoms. The molecule has 0 bridgehead atoms. The van der Waals surface area contributed by atoms with Crippen molar-refractivity contribution in [2.45, 2.75) is 5.92 Å². The van der Waals surface area contributed by atoms with Crippen LogP contribution in [0.15, 0.2) is 168 Å². The van der Waals surface area contributed by atoms with Crippen molar-refractivity contribution in [1.82, 2.24) is 0 Å². The fourth-order valence-corrected chi connectivity index (χ4v) is 7.21. The van der Waals surface area contributed by atoms with E-state index in [2.05, 4.69) is 152 Å². The molecule has 206 valence electrons. The molecule has 1 aliphatic rings. The molecule has 1 nitrogen and oxygen atoms in total. The second-order valence-corrected chi connectivity index (χ2v) is 11.6. The highest BCUT2D eigenvalue weighted by Gasteiger charge is 2.32. The van der Waals surface area contributed by atoms with Crippen molar-refractivity contribution < 1.29 is 4.42 Å². The van der Waals surface area contributed by atoms with Crippen LogP contribution in [0.3, 0.4) is 0 Å². The molecule has 1 atom stereocenters. The molecule has 1 aromatic heterocycles. The molecule has 1 aliphatic carbocycles. The number of benzene rings is 7. The lowest BCUT2D eigenvalue weighted by Gasteiger charge is -2.19. The van der Waals surface area contributed by atoms with Gasteiger partial charge in [-0.15, -0.1) is 0 Å². The average Bonchev–Trinajstić information content (AvgIpc) is 3.65. The molecular weight excluding hydrogens is 532 g/mol. The minimum Gasteiger partial charge on any atom is -0.455 e. The quantitative estimate of drug-likeness (QED) is 0.209. The summed E-state index contributed by atoms with van der Waals surface area (Å²) in [6, 6.07) is 59.2. The summed E-state index contributed by atoms with van der Waals surface area (Å²) in [6.45, 7) is 0. The van der Waals surface area contributed by atoms with Gasteiger partial charge in [0.05, 0.1) is 0 Å². The van der Waals surface area contributed by atoms with Crippen molar-refractivity contribution in [3.05, 3.63) is 180 Å². The second-order valence-electron chi connectivity index (χ2n) is 11.6. The van der Waals surface area contributed by atoms with Crippen LogP contribution in [0, 0.1) is 0 Å². The van der Waals surface area contributed by atoms with Crippen molar-refractivity contribution in [2.75, 3.05) is 0 Å². The minimum atomic E-state index is 0.157. The van der Waals surface area contributed by atoms with Crippen molar-refractivity contribution in [2.24, 2.45) is 0 Å². The molecule has 0 saturated heterocycles. The first-order valence-electron chi connectivity index (χ1n) is 15.2. The molecule has 0 amide bonds. The van der Waals surface area contributed by atoms with Gasteiger partial charge in [-0.2, -0.15) is 0 Å². The fourth-order valence-electron chi connectivity index (χ4n) is 7.21. The summed E-state index contributed by atoms with van der Waals surface area (Å²) in [4.78, 5) is 0. The van der Waals surface area contributed by atoms with Crippen LogP contribution in [0.1, 0.15) is 22.6 Å². The number of para-hydroxylation sites is 2. The van der Waals surface area contributed by atoms with Crippen LogP contribution in [-0.2, 0) is 0 Å². The van der Waals surface area contributed by atoms with Crippen LogP contribution < -0.4 is 0 Å². The smallest absolute Gasteiger partial charge is 0.143 e. The van der Waals surface area contributed by atoms with Crippen LogP contribution in [0.4, 0.5) is 0 Å². The normalized spacial score (nSPS) is 13.7. The van der Waals surface area contributed by atoms with Crippen LogP contribution in [0.25, 0.3) is 66.4 Å². The van der Waals surface area contributed by atoms with Gasteiger partial charge in [-0.05, 0) is 67.8 Å². The summed E-state index contributed by atoms with van der Waals surface area (Å²) in [6.07, 6.45) is 0. The Morgan fingerprint density at radius 1 is 0.386 bits per heavy atom. The van der Waals surface area contributed by atoms with E-state index in [1.807, 2.05) is 12.1 Å². The van der Waals surface area contributed by atoms with Gasteiger partial charge in [0.1, 0.15) is 11.2 Å². The van der Waals surface area contributed by atoms with E-state index in [9.17, 15) is 0 Å². The topological polar surface area (TPSA) is 13.1 Å². The van der Waals surface area contributed by atoms with E-state index in [0.29, 0.717) is 0 Å². The monoisotopic (exact) mass is 560 g/mol. The summed E-state index contributed by atoms with van der Waals surface area (Å²) in [5.74, 6) is 0.157. The zero-order chi connectivity index (χ0) is 29.0. The summed E-state index contributed by atoms with van der Waals surface area (Å²) < 4.78 is 6.38. The number of fused-ring (bicyclic) bond motifs is 6. The second kappa shape index (κ2) is 9.97. The maximum Gasteiger partial charge on any atom is 0.143 e.